The average Bonchev–Trinajstić information content (AvgIpc) is 2.52. The molecule has 0 amide bonds. The molecule has 1 aliphatic rings. The highest BCUT2D eigenvalue weighted by molar-refractivity contribution is 8.02. The van der Waals surface area contributed by atoms with Gasteiger partial charge in [0.15, 0.2) is 9.84 Å². The van der Waals surface area contributed by atoms with Gasteiger partial charge in [-0.3, -0.25) is 0 Å². The number of carboxylic acid groups (broad SMARTS) is 1. The molecule has 2 N–H and O–H groups in total. The Morgan fingerprint density at radius 2 is 2.17 bits per heavy atom. The van der Waals surface area contributed by atoms with Gasteiger partial charge in [-0.2, -0.15) is 0 Å². The number of hydrogen-bond donors (Lipinski definition) is 2. The van der Waals surface area contributed by atoms with E-state index in [1.54, 1.807) is 6.07 Å². The fourth-order valence-electron chi connectivity index (χ4n) is 1.69. The Kier molecular flexibility index (Phi) is 3.60. The normalized spacial score (nSPS) is 26.1. The molecule has 18 heavy (non-hydrogen) atoms. The summed E-state index contributed by atoms with van der Waals surface area (Å²) in [6.45, 7) is 0. The van der Waals surface area contributed by atoms with Crippen molar-refractivity contribution in [1.82, 2.24) is 4.98 Å². The Labute approximate surface area is 108 Å². The Bertz CT molecular complexity index is 571. The lowest BCUT2D eigenvalue weighted by Crippen LogP contribution is -2.19. The molecule has 2 heterocycles. The van der Waals surface area contributed by atoms with E-state index >= 15 is 0 Å². The summed E-state index contributed by atoms with van der Waals surface area (Å²) in [5, 5.41) is 18.0. The molecule has 1 aromatic rings. The largest absolute Gasteiger partial charge is 0.477 e. The van der Waals surface area contributed by atoms with E-state index in [1.807, 2.05) is 0 Å². The number of pyridine rings is 1. The van der Waals surface area contributed by atoms with E-state index in [0.717, 1.165) is 11.8 Å². The monoisotopic (exact) mass is 289 g/mol. The fourth-order valence-corrected chi connectivity index (χ4v) is 5.24. The van der Waals surface area contributed by atoms with E-state index in [0.29, 0.717) is 4.90 Å². The van der Waals surface area contributed by atoms with Crippen molar-refractivity contribution in [3.63, 3.8) is 0 Å². The zero-order valence-electron chi connectivity index (χ0n) is 9.18. The van der Waals surface area contributed by atoms with Gasteiger partial charge in [0.1, 0.15) is 5.69 Å². The van der Waals surface area contributed by atoms with Crippen molar-refractivity contribution in [3.05, 3.63) is 24.0 Å². The summed E-state index contributed by atoms with van der Waals surface area (Å²) >= 11 is 1.16. The van der Waals surface area contributed by atoms with Crippen LogP contribution in [0.3, 0.4) is 0 Å². The molecule has 1 aliphatic heterocycles. The second-order valence-electron chi connectivity index (χ2n) is 3.98. The van der Waals surface area contributed by atoms with E-state index in [2.05, 4.69) is 4.98 Å². The van der Waals surface area contributed by atoms with Gasteiger partial charge in [-0.05, 0) is 12.1 Å². The molecule has 98 valence electrons. The molecule has 0 aliphatic carbocycles. The van der Waals surface area contributed by atoms with Crippen LogP contribution in [0.15, 0.2) is 23.2 Å². The van der Waals surface area contributed by atoms with Gasteiger partial charge in [-0.15, -0.1) is 11.8 Å². The summed E-state index contributed by atoms with van der Waals surface area (Å²) in [7, 11) is -3.19. The molecule has 0 spiro atoms. The summed E-state index contributed by atoms with van der Waals surface area (Å²) in [4.78, 5) is 15.0. The van der Waals surface area contributed by atoms with E-state index in [4.69, 9.17) is 5.11 Å². The Balaban J connectivity index is 2.15. The Morgan fingerprint density at radius 1 is 1.44 bits per heavy atom. The van der Waals surface area contributed by atoms with Crippen molar-refractivity contribution in [2.75, 3.05) is 11.5 Å². The van der Waals surface area contributed by atoms with Gasteiger partial charge in [0, 0.05) is 11.1 Å². The number of carboxylic acids is 1. The first-order valence-corrected chi connectivity index (χ1v) is 7.82. The SMILES string of the molecule is O=C(O)c1cc(SC2CS(=O)(=O)CC2O)ccn1. The van der Waals surface area contributed by atoms with E-state index < -0.39 is 27.2 Å². The molecule has 6 nitrogen and oxygen atoms in total. The van der Waals surface area contributed by atoms with Gasteiger partial charge in [-0.1, -0.05) is 0 Å². The third-order valence-electron chi connectivity index (χ3n) is 2.51. The van der Waals surface area contributed by atoms with Crippen LogP contribution in [0.5, 0.6) is 0 Å². The van der Waals surface area contributed by atoms with Crippen molar-refractivity contribution in [1.29, 1.82) is 0 Å². The number of rotatable bonds is 3. The van der Waals surface area contributed by atoms with Crippen LogP contribution in [0.25, 0.3) is 0 Å². The van der Waals surface area contributed by atoms with Gasteiger partial charge in [0.25, 0.3) is 0 Å². The molecular formula is C10H11NO5S2. The number of aliphatic hydroxyl groups excluding tert-OH is 1. The van der Waals surface area contributed by atoms with E-state index in [-0.39, 0.29) is 17.2 Å². The van der Waals surface area contributed by atoms with Crippen molar-refractivity contribution >= 4 is 27.6 Å². The van der Waals surface area contributed by atoms with Gasteiger partial charge in [0.05, 0.1) is 22.9 Å². The Hall–Kier alpha value is -1.12. The second kappa shape index (κ2) is 4.87. The van der Waals surface area contributed by atoms with Crippen molar-refractivity contribution in [2.45, 2.75) is 16.2 Å². The average molecular weight is 289 g/mol. The lowest BCUT2D eigenvalue weighted by atomic mass is 10.3. The molecule has 0 bridgehead atoms. The van der Waals surface area contributed by atoms with Crippen LogP contribution >= 0.6 is 11.8 Å². The molecule has 0 aromatic carbocycles. The van der Waals surface area contributed by atoms with E-state index in [1.165, 1.54) is 12.3 Å². The van der Waals surface area contributed by atoms with Crippen LogP contribution < -0.4 is 0 Å². The number of aliphatic hydroxyl groups is 1. The first kappa shape index (κ1) is 13.3. The molecule has 1 saturated heterocycles. The molecule has 2 unspecified atom stereocenters. The molecule has 0 saturated carbocycles. The number of aromatic nitrogens is 1. The quantitative estimate of drug-likeness (QED) is 0.808. The van der Waals surface area contributed by atoms with Crippen LogP contribution in [0, 0.1) is 0 Å². The molecule has 8 heteroatoms. The topological polar surface area (TPSA) is 105 Å². The third kappa shape index (κ3) is 3.01. The maximum Gasteiger partial charge on any atom is 0.354 e. The van der Waals surface area contributed by atoms with Crippen LogP contribution in [0.2, 0.25) is 0 Å². The summed E-state index contributed by atoms with van der Waals surface area (Å²) < 4.78 is 22.7. The number of thioether (sulfide) groups is 1. The van der Waals surface area contributed by atoms with Crippen LogP contribution in [0.1, 0.15) is 10.5 Å². The van der Waals surface area contributed by atoms with Gasteiger partial charge < -0.3 is 10.2 Å². The summed E-state index contributed by atoms with van der Waals surface area (Å²) in [5.41, 5.74) is -0.102. The number of carbonyl (C=O) groups is 1. The highest BCUT2D eigenvalue weighted by Crippen LogP contribution is 2.31. The van der Waals surface area contributed by atoms with Crippen LogP contribution in [0.4, 0.5) is 0 Å². The zero-order valence-corrected chi connectivity index (χ0v) is 10.8. The zero-order chi connectivity index (χ0) is 13.3. The first-order valence-electron chi connectivity index (χ1n) is 5.12. The minimum absolute atomic E-state index is 0.0937. The fraction of sp³-hybridized carbons (Fsp3) is 0.400. The van der Waals surface area contributed by atoms with E-state index in [9.17, 15) is 18.3 Å². The molecule has 0 radical (unpaired) electrons. The third-order valence-corrected chi connectivity index (χ3v) is 5.75. The molecule has 1 aromatic heterocycles. The smallest absolute Gasteiger partial charge is 0.354 e. The molecule has 2 rings (SSSR count). The standard InChI is InChI=1S/C10H11NO5S2/c12-8-4-18(15,16)5-9(8)17-6-1-2-11-7(3-6)10(13)14/h1-3,8-9,12H,4-5H2,(H,13,14). The maximum absolute atomic E-state index is 11.3. The lowest BCUT2D eigenvalue weighted by Gasteiger charge is -2.11. The predicted octanol–water partition coefficient (Wildman–Crippen LogP) is 0.0298. The number of sulfone groups is 1. The van der Waals surface area contributed by atoms with Crippen molar-refractivity contribution in [3.8, 4) is 0 Å². The van der Waals surface area contributed by atoms with Crippen molar-refractivity contribution < 1.29 is 23.4 Å². The van der Waals surface area contributed by atoms with Crippen LogP contribution in [-0.2, 0) is 9.84 Å². The van der Waals surface area contributed by atoms with Gasteiger partial charge >= 0.3 is 5.97 Å². The molecule has 1 fully saturated rings. The van der Waals surface area contributed by atoms with Crippen LogP contribution in [-0.4, -0.2) is 52.4 Å². The van der Waals surface area contributed by atoms with Gasteiger partial charge in [0.2, 0.25) is 0 Å². The Morgan fingerprint density at radius 3 is 2.72 bits per heavy atom. The maximum atomic E-state index is 11.3. The summed E-state index contributed by atoms with van der Waals surface area (Å²) in [6, 6.07) is 2.96. The van der Waals surface area contributed by atoms with Crippen molar-refractivity contribution in [2.24, 2.45) is 0 Å². The molecule has 2 atom stereocenters. The number of nitrogens with zero attached hydrogens (tertiary/aromatic N) is 1. The molecular weight excluding hydrogens is 278 g/mol. The number of aromatic carboxylic acids is 1. The van der Waals surface area contributed by atoms with Gasteiger partial charge in [-0.25, -0.2) is 18.2 Å². The highest BCUT2D eigenvalue weighted by atomic mass is 32.2. The number of hydrogen-bond acceptors (Lipinski definition) is 6. The predicted molar refractivity (Wildman–Crippen MR) is 65.5 cm³/mol. The highest BCUT2D eigenvalue weighted by Gasteiger charge is 2.37. The second-order valence-corrected chi connectivity index (χ2v) is 7.45. The minimum Gasteiger partial charge on any atom is -0.477 e. The first-order chi connectivity index (χ1) is 8.37. The lowest BCUT2D eigenvalue weighted by molar-refractivity contribution is 0.0690. The summed E-state index contributed by atoms with van der Waals surface area (Å²) in [6.07, 6.45) is 0.433. The summed E-state index contributed by atoms with van der Waals surface area (Å²) in [5.74, 6) is -1.47. The minimum atomic E-state index is -3.19.